The van der Waals surface area contributed by atoms with E-state index >= 15 is 0 Å². The van der Waals surface area contributed by atoms with Crippen LogP contribution in [0.1, 0.15) is 11.1 Å². The molecule has 0 atom stereocenters. The average molecular weight is 478 g/mol. The molecule has 0 unspecified atom stereocenters. The van der Waals surface area contributed by atoms with Crippen molar-refractivity contribution >= 4 is 35.4 Å². The lowest BCUT2D eigenvalue weighted by Gasteiger charge is -2.13. The van der Waals surface area contributed by atoms with Crippen molar-refractivity contribution in [2.45, 2.75) is 13.2 Å². The Morgan fingerprint density at radius 3 is 2.44 bits per heavy atom. The van der Waals surface area contributed by atoms with Crippen LogP contribution < -0.4 is 20.1 Å². The van der Waals surface area contributed by atoms with Crippen molar-refractivity contribution in [3.05, 3.63) is 93.0 Å². The lowest BCUT2D eigenvalue weighted by Crippen LogP contribution is -2.21. The summed E-state index contributed by atoms with van der Waals surface area (Å²) in [5, 5.41) is 17.9. The smallest absolute Gasteiger partial charge is 0.269 e. The van der Waals surface area contributed by atoms with Crippen molar-refractivity contribution in [2.24, 2.45) is 0 Å². The van der Waals surface area contributed by atoms with Crippen LogP contribution in [-0.4, -0.2) is 25.1 Å². The van der Waals surface area contributed by atoms with E-state index in [0.29, 0.717) is 36.2 Å². The fourth-order valence-corrected chi connectivity index (χ4v) is 3.17. The van der Waals surface area contributed by atoms with Crippen molar-refractivity contribution in [3.8, 4) is 11.5 Å². The number of rotatable bonds is 11. The van der Waals surface area contributed by atoms with Crippen LogP contribution in [0.5, 0.6) is 11.5 Å². The van der Waals surface area contributed by atoms with Crippen molar-refractivity contribution in [1.82, 2.24) is 5.32 Å². The maximum atomic E-state index is 10.7. The zero-order valence-corrected chi connectivity index (χ0v) is 19.1. The minimum atomic E-state index is -0.410. The van der Waals surface area contributed by atoms with Crippen LogP contribution in [0.2, 0.25) is 5.02 Å². The number of anilines is 1. The van der Waals surface area contributed by atoms with Gasteiger partial charge in [-0.2, -0.15) is 0 Å². The first-order chi connectivity index (χ1) is 15.0. The van der Waals surface area contributed by atoms with Crippen LogP contribution in [0.4, 0.5) is 11.4 Å². The molecule has 0 saturated heterocycles. The number of nitrogens with one attached hydrogen (secondary N) is 2. The third kappa shape index (κ3) is 7.60. The summed E-state index contributed by atoms with van der Waals surface area (Å²) in [6.07, 6.45) is 0. The fraction of sp³-hybridized carbons (Fsp3) is 0.217. The standard InChI is InChI=1S/C23H24ClN3O4.ClH/c1-30-23-14-17(5-10-22(23)31-16-18-3-2-4-19(24)13-18)15-25-11-12-26-20-6-8-21(9-7-20)27(28)29;/h2-10,13-14,25-26H,11-12,15-16H2,1H3;1H. The Morgan fingerprint density at radius 2 is 1.75 bits per heavy atom. The minimum absolute atomic E-state index is 0. The van der Waals surface area contributed by atoms with Gasteiger partial charge in [-0.15, -0.1) is 12.4 Å². The molecule has 7 nitrogen and oxygen atoms in total. The van der Waals surface area contributed by atoms with Gasteiger partial charge in [0.2, 0.25) is 0 Å². The Balaban J connectivity index is 0.00000363. The number of nitro benzene ring substituents is 1. The highest BCUT2D eigenvalue weighted by Gasteiger charge is 2.07. The van der Waals surface area contributed by atoms with E-state index < -0.39 is 4.92 Å². The summed E-state index contributed by atoms with van der Waals surface area (Å²) in [6, 6.07) is 19.8. The van der Waals surface area contributed by atoms with E-state index in [2.05, 4.69) is 10.6 Å². The second-order valence-electron chi connectivity index (χ2n) is 6.81. The summed E-state index contributed by atoms with van der Waals surface area (Å²) in [7, 11) is 1.62. The summed E-state index contributed by atoms with van der Waals surface area (Å²) < 4.78 is 11.4. The van der Waals surface area contributed by atoms with Gasteiger partial charge < -0.3 is 20.1 Å². The van der Waals surface area contributed by atoms with Crippen molar-refractivity contribution < 1.29 is 14.4 Å². The van der Waals surface area contributed by atoms with Gasteiger partial charge in [-0.05, 0) is 47.5 Å². The Hall–Kier alpha value is -3.00. The number of halogens is 2. The molecular weight excluding hydrogens is 453 g/mol. The molecule has 0 aromatic heterocycles. The maximum Gasteiger partial charge on any atom is 0.269 e. The van der Waals surface area contributed by atoms with Crippen LogP contribution >= 0.6 is 24.0 Å². The maximum absolute atomic E-state index is 10.7. The highest BCUT2D eigenvalue weighted by atomic mass is 35.5. The van der Waals surface area contributed by atoms with E-state index in [9.17, 15) is 10.1 Å². The number of non-ortho nitro benzene ring substituents is 1. The zero-order chi connectivity index (χ0) is 22.1. The summed E-state index contributed by atoms with van der Waals surface area (Å²) in [5.41, 5.74) is 2.98. The first kappa shape index (κ1) is 25.3. The predicted octanol–water partition coefficient (Wildman–Crippen LogP) is 5.46. The molecule has 0 aliphatic rings. The van der Waals surface area contributed by atoms with E-state index in [0.717, 1.165) is 23.4 Å². The van der Waals surface area contributed by atoms with Crippen LogP contribution in [-0.2, 0) is 13.2 Å². The topological polar surface area (TPSA) is 85.7 Å². The number of hydrogen-bond acceptors (Lipinski definition) is 6. The number of nitrogens with zero attached hydrogens (tertiary/aromatic N) is 1. The molecule has 2 N–H and O–H groups in total. The second-order valence-corrected chi connectivity index (χ2v) is 7.25. The fourth-order valence-electron chi connectivity index (χ4n) is 2.96. The molecule has 3 rings (SSSR count). The van der Waals surface area contributed by atoms with E-state index in [4.69, 9.17) is 21.1 Å². The van der Waals surface area contributed by atoms with Gasteiger partial charge in [0.1, 0.15) is 6.61 Å². The molecule has 3 aromatic rings. The molecule has 170 valence electrons. The van der Waals surface area contributed by atoms with Crippen molar-refractivity contribution in [3.63, 3.8) is 0 Å². The first-order valence-electron chi connectivity index (χ1n) is 9.78. The lowest BCUT2D eigenvalue weighted by atomic mass is 10.2. The number of hydrogen-bond donors (Lipinski definition) is 2. The number of nitro groups is 1. The van der Waals surface area contributed by atoms with Gasteiger partial charge in [-0.1, -0.05) is 29.8 Å². The van der Waals surface area contributed by atoms with E-state index in [1.807, 2.05) is 42.5 Å². The van der Waals surface area contributed by atoms with Gasteiger partial charge in [0.15, 0.2) is 11.5 Å². The predicted molar refractivity (Wildman–Crippen MR) is 129 cm³/mol. The number of benzene rings is 3. The first-order valence-corrected chi connectivity index (χ1v) is 10.2. The molecular formula is C23H25Cl2N3O4. The van der Waals surface area contributed by atoms with Gasteiger partial charge in [0.05, 0.1) is 12.0 Å². The van der Waals surface area contributed by atoms with Gasteiger partial charge in [-0.25, -0.2) is 0 Å². The molecule has 0 radical (unpaired) electrons. The molecule has 0 saturated carbocycles. The molecule has 0 aliphatic heterocycles. The highest BCUT2D eigenvalue weighted by molar-refractivity contribution is 6.30. The van der Waals surface area contributed by atoms with E-state index in [1.54, 1.807) is 19.2 Å². The lowest BCUT2D eigenvalue weighted by molar-refractivity contribution is -0.384. The summed E-state index contributed by atoms with van der Waals surface area (Å²) >= 11 is 6.01. The monoisotopic (exact) mass is 477 g/mol. The Morgan fingerprint density at radius 1 is 0.969 bits per heavy atom. The van der Waals surface area contributed by atoms with Crippen LogP contribution in [0, 0.1) is 10.1 Å². The quantitative estimate of drug-likeness (QED) is 0.216. The molecule has 0 heterocycles. The van der Waals surface area contributed by atoms with E-state index in [1.165, 1.54) is 12.1 Å². The van der Waals surface area contributed by atoms with Gasteiger partial charge in [0.25, 0.3) is 5.69 Å². The highest BCUT2D eigenvalue weighted by Crippen LogP contribution is 2.29. The van der Waals surface area contributed by atoms with Gasteiger partial charge in [-0.3, -0.25) is 10.1 Å². The normalized spacial score (nSPS) is 10.2. The van der Waals surface area contributed by atoms with Crippen LogP contribution in [0.25, 0.3) is 0 Å². The summed E-state index contributed by atoms with van der Waals surface area (Å²) in [5.74, 6) is 1.34. The largest absolute Gasteiger partial charge is 0.493 e. The molecule has 9 heteroatoms. The minimum Gasteiger partial charge on any atom is -0.493 e. The van der Waals surface area contributed by atoms with Crippen molar-refractivity contribution in [1.29, 1.82) is 0 Å². The SMILES string of the molecule is COc1cc(CNCCNc2ccc([N+](=O)[O-])cc2)ccc1OCc1cccc(Cl)c1.Cl. The molecule has 0 fully saturated rings. The third-order valence-electron chi connectivity index (χ3n) is 4.55. The Labute approximate surface area is 198 Å². The van der Waals surface area contributed by atoms with Crippen molar-refractivity contribution in [2.75, 3.05) is 25.5 Å². The summed E-state index contributed by atoms with van der Waals surface area (Å²) in [6.45, 7) is 2.50. The number of methoxy groups -OCH3 is 1. The Bertz CT molecular complexity index is 1020. The molecule has 0 aliphatic carbocycles. The second kappa shape index (κ2) is 12.8. The van der Waals surface area contributed by atoms with Crippen LogP contribution in [0.3, 0.4) is 0 Å². The van der Waals surface area contributed by atoms with Gasteiger partial charge in [0, 0.05) is 42.5 Å². The zero-order valence-electron chi connectivity index (χ0n) is 17.5. The van der Waals surface area contributed by atoms with Gasteiger partial charge >= 0.3 is 0 Å². The van der Waals surface area contributed by atoms with Crippen LogP contribution in [0.15, 0.2) is 66.7 Å². The summed E-state index contributed by atoms with van der Waals surface area (Å²) in [4.78, 5) is 10.3. The molecule has 3 aromatic carbocycles. The molecule has 0 spiro atoms. The molecule has 32 heavy (non-hydrogen) atoms. The molecule has 0 bridgehead atoms. The van der Waals surface area contributed by atoms with E-state index in [-0.39, 0.29) is 18.1 Å². The number of ether oxygens (including phenoxy) is 2. The molecule has 0 amide bonds. The third-order valence-corrected chi connectivity index (χ3v) is 4.78. The average Bonchev–Trinajstić information content (AvgIpc) is 2.78. The Kier molecular flexibility index (Phi) is 10.1.